The number of hydrogen-bond donors (Lipinski definition) is 1. The third kappa shape index (κ3) is 4.82. The minimum Gasteiger partial charge on any atom is -0.335 e. The highest BCUT2D eigenvalue weighted by molar-refractivity contribution is 6.21. The zero-order valence-corrected chi connectivity index (χ0v) is 18.4. The van der Waals surface area contributed by atoms with Crippen molar-refractivity contribution in [2.75, 3.05) is 4.90 Å². The fourth-order valence-corrected chi connectivity index (χ4v) is 3.98. The molecule has 4 rings (SSSR count). The Morgan fingerprint density at radius 2 is 1.75 bits per heavy atom. The summed E-state index contributed by atoms with van der Waals surface area (Å²) in [5.41, 5.74) is 2.66. The maximum atomic E-state index is 13.2. The lowest BCUT2D eigenvalue weighted by molar-refractivity contribution is -0.132. The van der Waals surface area contributed by atoms with Gasteiger partial charge in [0.15, 0.2) is 0 Å². The third-order valence-corrected chi connectivity index (χ3v) is 6.06. The van der Waals surface area contributed by atoms with Gasteiger partial charge in [0.2, 0.25) is 5.91 Å². The Morgan fingerprint density at radius 3 is 2.34 bits per heavy atom. The summed E-state index contributed by atoms with van der Waals surface area (Å²) in [6.45, 7) is 4.85. The fourth-order valence-electron chi connectivity index (χ4n) is 3.98. The van der Waals surface area contributed by atoms with Gasteiger partial charge in [0.05, 0.1) is 5.69 Å². The van der Waals surface area contributed by atoms with E-state index in [9.17, 15) is 18.8 Å². The maximum absolute atomic E-state index is 13.2. The average Bonchev–Trinajstić information content (AvgIpc) is 3.57. The summed E-state index contributed by atoms with van der Waals surface area (Å²) in [4.78, 5) is 40.9. The van der Waals surface area contributed by atoms with Crippen molar-refractivity contribution in [2.45, 2.75) is 64.1 Å². The maximum Gasteiger partial charge on any atom is 0.329 e. The summed E-state index contributed by atoms with van der Waals surface area (Å²) in [6.07, 6.45) is 2.39. The molecule has 0 unspecified atom stereocenters. The van der Waals surface area contributed by atoms with Crippen LogP contribution in [0.3, 0.4) is 0 Å². The molecule has 0 bridgehead atoms. The second kappa shape index (κ2) is 9.10. The highest BCUT2D eigenvalue weighted by Crippen LogP contribution is 2.30. The Labute approximate surface area is 187 Å². The molecule has 6 nitrogen and oxygen atoms in total. The number of nitrogens with one attached hydrogen (secondary N) is 1. The molecule has 2 aliphatic rings. The van der Waals surface area contributed by atoms with Crippen LogP contribution in [0.4, 0.5) is 14.9 Å². The van der Waals surface area contributed by atoms with Gasteiger partial charge in [0.1, 0.15) is 11.9 Å². The van der Waals surface area contributed by atoms with E-state index in [0.29, 0.717) is 18.2 Å². The Hall–Kier alpha value is -3.22. The van der Waals surface area contributed by atoms with E-state index in [1.165, 1.54) is 29.8 Å². The Morgan fingerprint density at radius 1 is 1.09 bits per heavy atom. The Balaban J connectivity index is 1.37. The van der Waals surface area contributed by atoms with Crippen LogP contribution in [0.5, 0.6) is 0 Å². The summed E-state index contributed by atoms with van der Waals surface area (Å²) in [5.74, 6) is -0.416. The largest absolute Gasteiger partial charge is 0.335 e. The fraction of sp³-hybridized carbons (Fsp3) is 0.400. The smallest absolute Gasteiger partial charge is 0.329 e. The molecule has 2 fully saturated rings. The molecule has 1 N–H and O–H groups in total. The van der Waals surface area contributed by atoms with Gasteiger partial charge in [-0.25, -0.2) is 14.1 Å². The first-order valence-corrected chi connectivity index (χ1v) is 11.1. The van der Waals surface area contributed by atoms with Gasteiger partial charge in [-0.1, -0.05) is 38.1 Å². The Bertz CT molecular complexity index is 1000. The molecular formula is C25H28FN3O3. The van der Waals surface area contributed by atoms with Crippen LogP contribution in [0.25, 0.3) is 0 Å². The lowest BCUT2D eigenvalue weighted by atomic mass is 10.0. The molecule has 1 aliphatic heterocycles. The number of urea groups is 1. The molecule has 1 heterocycles. The van der Waals surface area contributed by atoms with Crippen molar-refractivity contribution in [3.05, 3.63) is 65.5 Å². The topological polar surface area (TPSA) is 69.7 Å². The molecule has 0 spiro atoms. The molecule has 168 valence electrons. The summed E-state index contributed by atoms with van der Waals surface area (Å²) in [6, 6.07) is 12.5. The molecule has 0 aromatic heterocycles. The average molecular weight is 438 g/mol. The number of benzene rings is 2. The van der Waals surface area contributed by atoms with Crippen LogP contribution in [0.2, 0.25) is 0 Å². The summed E-state index contributed by atoms with van der Waals surface area (Å²) >= 11 is 0. The van der Waals surface area contributed by atoms with Crippen molar-refractivity contribution in [3.63, 3.8) is 0 Å². The molecule has 2 aromatic carbocycles. The van der Waals surface area contributed by atoms with Crippen LogP contribution in [0.15, 0.2) is 48.5 Å². The minimum absolute atomic E-state index is 0.0114. The summed E-state index contributed by atoms with van der Waals surface area (Å²) < 4.78 is 13.2. The SMILES string of the molecule is CC(C)c1ccc(CN(C(=O)CC[C@H]2NC(=O)N(c3ccc(F)cc3)C2=O)C2CC2)cc1. The number of carbonyl (C=O) groups excluding carboxylic acids is 3. The molecule has 7 heteroatoms. The van der Waals surface area contributed by atoms with E-state index in [2.05, 4.69) is 43.4 Å². The number of imide groups is 1. The molecule has 1 aliphatic carbocycles. The lowest BCUT2D eigenvalue weighted by Gasteiger charge is -2.23. The van der Waals surface area contributed by atoms with Gasteiger partial charge >= 0.3 is 6.03 Å². The molecule has 1 atom stereocenters. The van der Waals surface area contributed by atoms with Crippen LogP contribution in [-0.4, -0.2) is 34.8 Å². The van der Waals surface area contributed by atoms with Crippen molar-refractivity contribution in [1.29, 1.82) is 0 Å². The van der Waals surface area contributed by atoms with Gasteiger partial charge < -0.3 is 10.2 Å². The van der Waals surface area contributed by atoms with E-state index in [1.807, 2.05) is 4.90 Å². The number of hydrogen-bond acceptors (Lipinski definition) is 3. The normalized spacial score (nSPS) is 18.2. The second-order valence-electron chi connectivity index (χ2n) is 8.84. The summed E-state index contributed by atoms with van der Waals surface area (Å²) in [7, 11) is 0. The zero-order valence-electron chi connectivity index (χ0n) is 18.4. The van der Waals surface area contributed by atoms with E-state index in [4.69, 9.17) is 0 Å². The number of amides is 4. The highest BCUT2D eigenvalue weighted by Gasteiger charge is 2.40. The van der Waals surface area contributed by atoms with E-state index < -0.39 is 23.8 Å². The van der Waals surface area contributed by atoms with Crippen molar-refractivity contribution < 1.29 is 18.8 Å². The van der Waals surface area contributed by atoms with Crippen molar-refractivity contribution in [1.82, 2.24) is 10.2 Å². The highest BCUT2D eigenvalue weighted by atomic mass is 19.1. The Kier molecular flexibility index (Phi) is 6.26. The number of rotatable bonds is 8. The predicted octanol–water partition coefficient (Wildman–Crippen LogP) is 4.35. The van der Waals surface area contributed by atoms with Crippen molar-refractivity contribution >= 4 is 23.5 Å². The molecule has 32 heavy (non-hydrogen) atoms. The molecule has 0 radical (unpaired) electrons. The second-order valence-corrected chi connectivity index (χ2v) is 8.84. The summed E-state index contributed by atoms with van der Waals surface area (Å²) in [5, 5.41) is 2.65. The quantitative estimate of drug-likeness (QED) is 0.625. The standard InChI is InChI=1S/C25H28FN3O3/c1-16(2)18-5-3-17(4-6-18)15-28(20-11-12-20)23(30)14-13-22-24(31)29(25(32)27-22)21-9-7-19(26)8-10-21/h3-10,16,20,22H,11-15H2,1-2H3,(H,27,32)/t22-/m1/s1. The van der Waals surface area contributed by atoms with Crippen LogP contribution < -0.4 is 10.2 Å². The van der Waals surface area contributed by atoms with Gasteiger partial charge in [-0.2, -0.15) is 0 Å². The number of halogens is 1. The van der Waals surface area contributed by atoms with E-state index in [-0.39, 0.29) is 24.8 Å². The molecule has 2 aromatic rings. The molecular weight excluding hydrogens is 409 g/mol. The number of nitrogens with zero attached hydrogens (tertiary/aromatic N) is 2. The van der Waals surface area contributed by atoms with E-state index >= 15 is 0 Å². The van der Waals surface area contributed by atoms with Gasteiger partial charge in [-0.15, -0.1) is 0 Å². The minimum atomic E-state index is -0.761. The first-order valence-electron chi connectivity index (χ1n) is 11.1. The number of carbonyl (C=O) groups is 3. The zero-order chi connectivity index (χ0) is 22.8. The lowest BCUT2D eigenvalue weighted by Crippen LogP contribution is -2.35. The van der Waals surface area contributed by atoms with Gasteiger partial charge in [0, 0.05) is 19.0 Å². The van der Waals surface area contributed by atoms with Crippen molar-refractivity contribution in [2.24, 2.45) is 0 Å². The van der Waals surface area contributed by atoms with Crippen LogP contribution in [-0.2, 0) is 16.1 Å². The molecule has 4 amide bonds. The predicted molar refractivity (Wildman–Crippen MR) is 120 cm³/mol. The van der Waals surface area contributed by atoms with Gasteiger partial charge in [0.25, 0.3) is 5.91 Å². The van der Waals surface area contributed by atoms with Crippen molar-refractivity contribution in [3.8, 4) is 0 Å². The number of anilines is 1. The van der Waals surface area contributed by atoms with E-state index in [1.54, 1.807) is 0 Å². The van der Waals surface area contributed by atoms with Crippen LogP contribution >= 0.6 is 0 Å². The molecule has 1 saturated heterocycles. The first kappa shape index (κ1) is 22.0. The third-order valence-electron chi connectivity index (χ3n) is 6.06. The first-order chi connectivity index (χ1) is 15.3. The molecule has 1 saturated carbocycles. The van der Waals surface area contributed by atoms with E-state index in [0.717, 1.165) is 23.3 Å². The van der Waals surface area contributed by atoms with Crippen LogP contribution in [0.1, 0.15) is 56.6 Å². The van der Waals surface area contributed by atoms with Gasteiger partial charge in [-0.3, -0.25) is 9.59 Å². The monoisotopic (exact) mass is 437 g/mol. The van der Waals surface area contributed by atoms with Crippen LogP contribution in [0, 0.1) is 5.82 Å². The van der Waals surface area contributed by atoms with Gasteiger partial charge in [-0.05, 0) is 60.6 Å².